The van der Waals surface area contributed by atoms with Gasteiger partial charge in [-0.2, -0.15) is 13.2 Å². The fourth-order valence-corrected chi connectivity index (χ4v) is 7.45. The summed E-state index contributed by atoms with van der Waals surface area (Å²) in [4.78, 5) is 34.5. The van der Waals surface area contributed by atoms with Gasteiger partial charge in [-0.25, -0.2) is 23.4 Å². The maximum atomic E-state index is 14.9. The average Bonchev–Trinajstić information content (AvgIpc) is 3.81. The van der Waals surface area contributed by atoms with Crippen molar-refractivity contribution in [3.8, 4) is 0 Å². The number of imidazole rings is 1. The molecule has 13 heteroatoms. The zero-order valence-electron chi connectivity index (χ0n) is 25.1. The number of piperidine rings is 1. The van der Waals surface area contributed by atoms with Gasteiger partial charge in [-0.05, 0) is 68.2 Å². The predicted octanol–water partition coefficient (Wildman–Crippen LogP) is 6.64. The van der Waals surface area contributed by atoms with Gasteiger partial charge in [0.2, 0.25) is 0 Å². The second-order valence-corrected chi connectivity index (χ2v) is 12.9. The Morgan fingerprint density at radius 1 is 0.978 bits per heavy atom. The zero-order valence-corrected chi connectivity index (χ0v) is 25.1. The predicted molar refractivity (Wildman–Crippen MR) is 159 cm³/mol. The summed E-state index contributed by atoms with van der Waals surface area (Å²) in [5, 5.41) is 5.98. The smallest absolute Gasteiger partial charge is 0.329 e. The molecule has 4 amide bonds. The van der Waals surface area contributed by atoms with Crippen molar-refractivity contribution in [2.24, 2.45) is 0 Å². The van der Waals surface area contributed by atoms with E-state index in [2.05, 4.69) is 15.6 Å². The molecule has 0 radical (unpaired) electrons. The summed E-state index contributed by atoms with van der Waals surface area (Å²) >= 11 is 0. The third-order valence-electron chi connectivity index (χ3n) is 10.2. The maximum absolute atomic E-state index is 14.9. The SMILES string of the molecule is O=C(N[C@@H]1CC[C@@H](c2cccc(F)c2F)Cn2c(C3(C(F)(F)F)CC3)cnc21)N1CCC(N2CCc3ccccc3NC2=O)CC1. The maximum Gasteiger partial charge on any atom is 0.399 e. The highest BCUT2D eigenvalue weighted by atomic mass is 19.4. The lowest BCUT2D eigenvalue weighted by Gasteiger charge is -2.38. The van der Waals surface area contributed by atoms with E-state index in [1.807, 2.05) is 29.2 Å². The van der Waals surface area contributed by atoms with Crippen LogP contribution in [-0.4, -0.2) is 63.3 Å². The number of benzene rings is 2. The highest BCUT2D eigenvalue weighted by Crippen LogP contribution is 2.59. The van der Waals surface area contributed by atoms with Gasteiger partial charge in [-0.15, -0.1) is 0 Å². The lowest BCUT2D eigenvalue weighted by molar-refractivity contribution is -0.162. The Morgan fingerprint density at radius 3 is 2.48 bits per heavy atom. The number of carbonyl (C=O) groups is 2. The molecule has 0 spiro atoms. The van der Waals surface area contributed by atoms with Gasteiger partial charge < -0.3 is 25.0 Å². The molecule has 3 aliphatic heterocycles. The molecule has 0 unspecified atom stereocenters. The van der Waals surface area contributed by atoms with Crippen molar-refractivity contribution in [1.82, 2.24) is 24.7 Å². The Balaban J connectivity index is 1.07. The summed E-state index contributed by atoms with van der Waals surface area (Å²) in [6.07, 6.45) is -0.940. The summed E-state index contributed by atoms with van der Waals surface area (Å²) in [6.45, 7) is 1.35. The third kappa shape index (κ3) is 5.37. The second-order valence-electron chi connectivity index (χ2n) is 12.9. The van der Waals surface area contributed by atoms with Crippen LogP contribution in [0.4, 0.5) is 37.2 Å². The number of urea groups is 2. The fourth-order valence-electron chi connectivity index (χ4n) is 7.45. The lowest BCUT2D eigenvalue weighted by Crippen LogP contribution is -2.52. The van der Waals surface area contributed by atoms with Gasteiger partial charge in [0.1, 0.15) is 11.2 Å². The highest BCUT2D eigenvalue weighted by Gasteiger charge is 2.66. The van der Waals surface area contributed by atoms with Crippen molar-refractivity contribution in [2.45, 2.75) is 81.1 Å². The van der Waals surface area contributed by atoms with E-state index >= 15 is 0 Å². The van der Waals surface area contributed by atoms with Gasteiger partial charge in [0.05, 0.1) is 11.7 Å². The summed E-state index contributed by atoms with van der Waals surface area (Å²) in [6, 6.07) is 10.3. The first kappa shape index (κ1) is 30.5. The van der Waals surface area contributed by atoms with Crippen LogP contribution in [0.3, 0.4) is 0 Å². The van der Waals surface area contributed by atoms with Gasteiger partial charge in [-0.1, -0.05) is 30.3 Å². The number of carbonyl (C=O) groups excluding carboxylic acids is 2. The standard InChI is InChI=1S/C33H35F5N6O2/c34-24-6-3-5-23(28(24)35)21-8-9-26(29-39-18-27(44(29)19-21)32(13-14-32)33(36,37)38)41-30(45)42-15-11-22(12-16-42)43-17-10-20-4-1-2-7-25(20)40-31(43)46/h1-7,18,21-22,26H,8-17,19H2,(H,40,46)(H,41,45)/t21-,26-/m1/s1. The quantitative estimate of drug-likeness (QED) is 0.313. The molecule has 2 N–H and O–H groups in total. The Bertz CT molecular complexity index is 1650. The number of fused-ring (bicyclic) bond motifs is 2. The van der Waals surface area contributed by atoms with Gasteiger partial charge >= 0.3 is 18.2 Å². The van der Waals surface area contributed by atoms with Crippen LogP contribution in [0.5, 0.6) is 0 Å². The van der Waals surface area contributed by atoms with Crippen molar-refractivity contribution < 1.29 is 31.5 Å². The molecule has 4 aliphatic rings. The molecule has 2 atom stereocenters. The molecule has 2 fully saturated rings. The fraction of sp³-hybridized carbons (Fsp3) is 0.485. The third-order valence-corrected chi connectivity index (χ3v) is 10.2. The van der Waals surface area contributed by atoms with Crippen molar-refractivity contribution in [3.63, 3.8) is 0 Å². The van der Waals surface area contributed by atoms with Crippen LogP contribution in [-0.2, 0) is 18.4 Å². The van der Waals surface area contributed by atoms with Crippen LogP contribution in [0.25, 0.3) is 0 Å². The lowest BCUT2D eigenvalue weighted by atomic mass is 9.92. The van der Waals surface area contributed by atoms with Gasteiger partial charge in [0.15, 0.2) is 11.6 Å². The van der Waals surface area contributed by atoms with E-state index in [1.54, 1.807) is 4.90 Å². The molecule has 1 saturated heterocycles. The number of amides is 4. The minimum atomic E-state index is -4.49. The zero-order chi connectivity index (χ0) is 32.2. The van der Waals surface area contributed by atoms with Crippen LogP contribution in [0.15, 0.2) is 48.7 Å². The number of hydrogen-bond donors (Lipinski definition) is 2. The van der Waals surface area contributed by atoms with E-state index < -0.39 is 35.2 Å². The van der Waals surface area contributed by atoms with Crippen LogP contribution in [0.2, 0.25) is 0 Å². The Kier molecular flexibility index (Phi) is 7.67. The van der Waals surface area contributed by atoms with Crippen LogP contribution < -0.4 is 10.6 Å². The molecule has 8 nitrogen and oxygen atoms in total. The minimum absolute atomic E-state index is 0.00310. The topological polar surface area (TPSA) is 82.5 Å². The molecule has 1 aliphatic carbocycles. The first-order valence-corrected chi connectivity index (χ1v) is 15.8. The Labute approximate surface area is 263 Å². The molecule has 2 aromatic carbocycles. The van der Waals surface area contributed by atoms with Gasteiger partial charge in [0, 0.05) is 50.0 Å². The number of rotatable bonds is 4. The molecular formula is C33H35F5N6O2. The average molecular weight is 643 g/mol. The first-order valence-electron chi connectivity index (χ1n) is 15.8. The van der Waals surface area contributed by atoms with Crippen LogP contribution in [0, 0.1) is 11.6 Å². The molecule has 1 saturated carbocycles. The summed E-state index contributed by atoms with van der Waals surface area (Å²) in [5.74, 6) is -2.36. The number of alkyl halides is 3. The van der Waals surface area contributed by atoms with Gasteiger partial charge in [-0.3, -0.25) is 0 Å². The number of halogens is 5. The van der Waals surface area contributed by atoms with Gasteiger partial charge in [0.25, 0.3) is 0 Å². The molecule has 3 aromatic rings. The molecule has 1 aromatic heterocycles. The van der Waals surface area contributed by atoms with Crippen LogP contribution in [0.1, 0.15) is 73.1 Å². The number of para-hydroxylation sites is 1. The molecule has 0 bridgehead atoms. The number of anilines is 1. The van der Waals surface area contributed by atoms with Crippen LogP contribution >= 0.6 is 0 Å². The van der Waals surface area contributed by atoms with Crippen molar-refractivity contribution in [3.05, 3.63) is 82.9 Å². The summed E-state index contributed by atoms with van der Waals surface area (Å²) in [5.41, 5.74) is -0.0635. The second kappa shape index (κ2) is 11.6. The minimum Gasteiger partial charge on any atom is -0.329 e. The first-order chi connectivity index (χ1) is 22.1. The monoisotopic (exact) mass is 642 g/mol. The normalized spacial score (nSPS) is 23.1. The summed E-state index contributed by atoms with van der Waals surface area (Å²) in [7, 11) is 0. The number of likely N-dealkylation sites (tertiary alicyclic amines) is 1. The molecule has 4 heterocycles. The largest absolute Gasteiger partial charge is 0.399 e. The number of nitrogens with one attached hydrogen (secondary N) is 2. The van der Waals surface area contributed by atoms with E-state index in [4.69, 9.17) is 0 Å². The molecule has 244 valence electrons. The molecule has 7 rings (SSSR count). The Hall–Kier alpha value is -4.16. The number of aromatic nitrogens is 2. The van der Waals surface area contributed by atoms with E-state index in [0.29, 0.717) is 38.9 Å². The number of hydrogen-bond acceptors (Lipinski definition) is 3. The molecular weight excluding hydrogens is 607 g/mol. The van der Waals surface area contributed by atoms with E-state index in [9.17, 15) is 31.5 Å². The van der Waals surface area contributed by atoms with Crippen molar-refractivity contribution >= 4 is 17.7 Å². The van der Waals surface area contributed by atoms with Crippen molar-refractivity contribution in [1.29, 1.82) is 0 Å². The van der Waals surface area contributed by atoms with E-state index in [0.717, 1.165) is 23.7 Å². The Morgan fingerprint density at radius 2 is 1.74 bits per heavy atom. The molecule has 46 heavy (non-hydrogen) atoms. The van der Waals surface area contributed by atoms with E-state index in [1.165, 1.54) is 22.9 Å². The number of nitrogens with zero attached hydrogens (tertiary/aromatic N) is 4. The van der Waals surface area contributed by atoms with Crippen molar-refractivity contribution in [2.75, 3.05) is 25.0 Å². The summed E-state index contributed by atoms with van der Waals surface area (Å²) < 4.78 is 73.3. The van der Waals surface area contributed by atoms with E-state index in [-0.39, 0.29) is 61.0 Å². The highest BCUT2D eigenvalue weighted by molar-refractivity contribution is 5.91.